The number of ether oxygens (including phenoxy) is 2. The summed E-state index contributed by atoms with van der Waals surface area (Å²) >= 11 is 0. The molecule has 0 fully saturated rings. The Morgan fingerprint density at radius 3 is 2.74 bits per heavy atom. The zero-order valence-corrected chi connectivity index (χ0v) is 13.2. The van der Waals surface area contributed by atoms with Crippen molar-refractivity contribution in [2.45, 2.75) is 20.0 Å². The zero-order valence-electron chi connectivity index (χ0n) is 13.2. The lowest BCUT2D eigenvalue weighted by atomic mass is 9.91. The molecule has 1 atom stereocenters. The number of esters is 1. The molecule has 0 spiro atoms. The molecular formula is C19H17FO3. The Morgan fingerprint density at radius 2 is 2.00 bits per heavy atom. The van der Waals surface area contributed by atoms with Gasteiger partial charge < -0.3 is 9.47 Å². The molecule has 0 amide bonds. The van der Waals surface area contributed by atoms with Crippen LogP contribution >= 0.6 is 0 Å². The van der Waals surface area contributed by atoms with Crippen LogP contribution in [0.5, 0.6) is 5.75 Å². The van der Waals surface area contributed by atoms with Gasteiger partial charge in [0.15, 0.2) is 0 Å². The molecule has 1 heterocycles. The van der Waals surface area contributed by atoms with Gasteiger partial charge in [-0.05, 0) is 49.3 Å². The highest BCUT2D eigenvalue weighted by Gasteiger charge is 2.23. The van der Waals surface area contributed by atoms with Crippen molar-refractivity contribution in [3.63, 3.8) is 0 Å². The van der Waals surface area contributed by atoms with Crippen molar-refractivity contribution in [2.24, 2.45) is 0 Å². The minimum absolute atomic E-state index is 0.179. The van der Waals surface area contributed by atoms with Crippen LogP contribution in [0, 0.1) is 12.7 Å². The molecule has 1 aliphatic rings. The molecule has 0 aromatic heterocycles. The summed E-state index contributed by atoms with van der Waals surface area (Å²) in [7, 11) is 1.33. The number of fused-ring (bicyclic) bond motifs is 1. The first-order chi connectivity index (χ1) is 11.0. The lowest BCUT2D eigenvalue weighted by molar-refractivity contribution is 0.0600. The van der Waals surface area contributed by atoms with Gasteiger partial charge >= 0.3 is 5.97 Å². The van der Waals surface area contributed by atoms with E-state index in [2.05, 4.69) is 0 Å². The third-order valence-electron chi connectivity index (χ3n) is 3.89. The van der Waals surface area contributed by atoms with Crippen LogP contribution in [0.3, 0.4) is 0 Å². The maximum Gasteiger partial charge on any atom is 0.337 e. The second-order valence-corrected chi connectivity index (χ2v) is 5.54. The smallest absolute Gasteiger partial charge is 0.337 e. The van der Waals surface area contributed by atoms with Crippen LogP contribution in [0.4, 0.5) is 4.39 Å². The van der Waals surface area contributed by atoms with Crippen LogP contribution < -0.4 is 4.74 Å². The highest BCUT2D eigenvalue weighted by atomic mass is 19.1. The molecule has 23 heavy (non-hydrogen) atoms. The van der Waals surface area contributed by atoms with Crippen LogP contribution in [-0.2, 0) is 4.74 Å². The molecule has 2 aromatic rings. The van der Waals surface area contributed by atoms with E-state index in [1.165, 1.54) is 7.11 Å². The summed E-state index contributed by atoms with van der Waals surface area (Å²) in [5.74, 6) is -0.0682. The summed E-state index contributed by atoms with van der Waals surface area (Å²) in [4.78, 5) is 11.8. The van der Waals surface area contributed by atoms with Crippen LogP contribution in [0.15, 0.2) is 42.5 Å². The van der Waals surface area contributed by atoms with Gasteiger partial charge in [0.05, 0.1) is 12.7 Å². The molecule has 1 unspecified atom stereocenters. The van der Waals surface area contributed by atoms with E-state index in [9.17, 15) is 9.18 Å². The standard InChI is InChI=1S/C19H17FO3/c1-11-5-4-6-14(18(11)20)15-9-12(2)23-17-8-7-13(10-16(15)17)19(21)22-3/h4-10,12H,1-3H3. The quantitative estimate of drug-likeness (QED) is 0.782. The van der Waals surface area contributed by atoms with Gasteiger partial charge in [0.25, 0.3) is 0 Å². The molecule has 118 valence electrons. The number of methoxy groups -OCH3 is 1. The van der Waals surface area contributed by atoms with E-state index in [0.29, 0.717) is 28.0 Å². The Labute approximate surface area is 134 Å². The minimum Gasteiger partial charge on any atom is -0.486 e. The van der Waals surface area contributed by atoms with Gasteiger partial charge in [0.2, 0.25) is 0 Å². The second kappa shape index (κ2) is 5.88. The normalized spacial score (nSPS) is 16.2. The fourth-order valence-corrected chi connectivity index (χ4v) is 2.74. The van der Waals surface area contributed by atoms with Gasteiger partial charge in [-0.15, -0.1) is 0 Å². The van der Waals surface area contributed by atoms with Crippen LogP contribution in [-0.4, -0.2) is 19.2 Å². The van der Waals surface area contributed by atoms with Crippen molar-refractivity contribution in [3.8, 4) is 5.75 Å². The largest absolute Gasteiger partial charge is 0.486 e. The first-order valence-corrected chi connectivity index (χ1v) is 7.38. The monoisotopic (exact) mass is 312 g/mol. The summed E-state index contributed by atoms with van der Waals surface area (Å²) in [6.07, 6.45) is 1.68. The minimum atomic E-state index is -0.435. The third-order valence-corrected chi connectivity index (χ3v) is 3.89. The molecule has 0 N–H and O–H groups in total. The molecule has 1 aliphatic heterocycles. The SMILES string of the molecule is COC(=O)c1ccc2c(c1)C(c1cccc(C)c1F)=CC(C)O2. The summed E-state index contributed by atoms with van der Waals surface area (Å²) in [6, 6.07) is 10.3. The number of hydrogen-bond acceptors (Lipinski definition) is 3. The van der Waals surface area contributed by atoms with Crippen LogP contribution in [0.25, 0.3) is 5.57 Å². The van der Waals surface area contributed by atoms with E-state index in [1.54, 1.807) is 37.3 Å². The van der Waals surface area contributed by atoms with E-state index in [0.717, 1.165) is 5.57 Å². The van der Waals surface area contributed by atoms with Crippen molar-refractivity contribution in [1.29, 1.82) is 0 Å². The van der Waals surface area contributed by atoms with Gasteiger partial charge in [-0.3, -0.25) is 0 Å². The molecule has 3 nitrogen and oxygen atoms in total. The molecule has 4 heteroatoms. The van der Waals surface area contributed by atoms with Gasteiger partial charge in [0.1, 0.15) is 17.7 Å². The lowest BCUT2D eigenvalue weighted by Gasteiger charge is -2.24. The van der Waals surface area contributed by atoms with Crippen molar-refractivity contribution in [1.82, 2.24) is 0 Å². The number of aryl methyl sites for hydroxylation is 1. The molecule has 0 radical (unpaired) electrons. The zero-order chi connectivity index (χ0) is 16.6. The molecule has 2 aromatic carbocycles. The molecule has 0 bridgehead atoms. The number of benzene rings is 2. The Kier molecular flexibility index (Phi) is 3.90. The fourth-order valence-electron chi connectivity index (χ4n) is 2.74. The summed E-state index contributed by atoms with van der Waals surface area (Å²) in [6.45, 7) is 3.62. The van der Waals surface area contributed by atoms with Gasteiger partial charge in [-0.1, -0.05) is 18.2 Å². The first-order valence-electron chi connectivity index (χ1n) is 7.38. The molecule has 0 saturated heterocycles. The Hall–Kier alpha value is -2.62. The maximum absolute atomic E-state index is 14.6. The first kappa shape index (κ1) is 15.3. The topological polar surface area (TPSA) is 35.5 Å². The van der Waals surface area contributed by atoms with Crippen molar-refractivity contribution in [3.05, 3.63) is 70.5 Å². The Bertz CT molecular complexity index is 808. The second-order valence-electron chi connectivity index (χ2n) is 5.54. The predicted molar refractivity (Wildman–Crippen MR) is 86.1 cm³/mol. The van der Waals surface area contributed by atoms with E-state index in [-0.39, 0.29) is 11.9 Å². The highest BCUT2D eigenvalue weighted by molar-refractivity contribution is 5.93. The number of halogens is 1. The van der Waals surface area contributed by atoms with Gasteiger partial charge in [-0.2, -0.15) is 0 Å². The Balaban J connectivity index is 2.19. The van der Waals surface area contributed by atoms with Crippen LogP contribution in [0.1, 0.15) is 34.0 Å². The third kappa shape index (κ3) is 2.72. The number of rotatable bonds is 2. The van der Waals surface area contributed by atoms with Crippen molar-refractivity contribution < 1.29 is 18.7 Å². The van der Waals surface area contributed by atoms with E-state index in [1.807, 2.05) is 19.1 Å². The van der Waals surface area contributed by atoms with E-state index in [4.69, 9.17) is 9.47 Å². The summed E-state index contributed by atoms with van der Waals surface area (Å²) in [5, 5.41) is 0. The maximum atomic E-state index is 14.6. The van der Waals surface area contributed by atoms with E-state index >= 15 is 0 Å². The van der Waals surface area contributed by atoms with Crippen molar-refractivity contribution in [2.75, 3.05) is 7.11 Å². The summed E-state index contributed by atoms with van der Waals surface area (Å²) < 4.78 is 25.1. The Morgan fingerprint density at radius 1 is 1.22 bits per heavy atom. The van der Waals surface area contributed by atoms with Crippen molar-refractivity contribution >= 4 is 11.5 Å². The predicted octanol–water partition coefficient (Wildman–Crippen LogP) is 4.13. The van der Waals surface area contributed by atoms with Gasteiger partial charge in [-0.25, -0.2) is 9.18 Å². The summed E-state index contributed by atoms with van der Waals surface area (Å²) in [5.41, 5.74) is 2.90. The van der Waals surface area contributed by atoms with E-state index < -0.39 is 5.97 Å². The van der Waals surface area contributed by atoms with Gasteiger partial charge in [0, 0.05) is 11.1 Å². The number of hydrogen-bond donors (Lipinski definition) is 0. The molecule has 3 rings (SSSR count). The number of carbonyl (C=O) groups excluding carboxylic acids is 1. The van der Waals surface area contributed by atoms with Crippen LogP contribution in [0.2, 0.25) is 0 Å². The average molecular weight is 312 g/mol. The molecule has 0 saturated carbocycles. The molecular weight excluding hydrogens is 295 g/mol. The average Bonchev–Trinajstić information content (AvgIpc) is 2.55. The number of carbonyl (C=O) groups is 1. The lowest BCUT2D eigenvalue weighted by Crippen LogP contribution is -2.16. The molecule has 0 aliphatic carbocycles. The highest BCUT2D eigenvalue weighted by Crippen LogP contribution is 2.38. The fraction of sp³-hybridized carbons (Fsp3) is 0.211.